The molecule has 1 N–H and O–H groups in total. The van der Waals surface area contributed by atoms with Gasteiger partial charge in [0.2, 0.25) is 0 Å². The lowest BCUT2D eigenvalue weighted by atomic mass is 10.1. The molecule has 0 aliphatic heterocycles. The number of hydrogen-bond donors (Lipinski definition) is 1. The zero-order chi connectivity index (χ0) is 16.4. The van der Waals surface area contributed by atoms with Crippen molar-refractivity contribution in [1.82, 2.24) is 5.16 Å². The topological polar surface area (TPSA) is 55.1 Å². The molecular formula is C16H9Cl2FN2O2. The van der Waals surface area contributed by atoms with Crippen molar-refractivity contribution >= 4 is 34.8 Å². The Kier molecular flexibility index (Phi) is 4.32. The molecule has 0 aliphatic carbocycles. The lowest BCUT2D eigenvalue weighted by Gasteiger charge is -2.05. The van der Waals surface area contributed by atoms with Gasteiger partial charge in [-0.1, -0.05) is 40.5 Å². The minimum absolute atomic E-state index is 0.000653. The highest BCUT2D eigenvalue weighted by Gasteiger charge is 2.17. The normalized spacial score (nSPS) is 10.6. The number of benzene rings is 2. The predicted octanol–water partition coefficient (Wildman–Crippen LogP) is 5.04. The van der Waals surface area contributed by atoms with Gasteiger partial charge in [-0.3, -0.25) is 4.79 Å². The molecule has 23 heavy (non-hydrogen) atoms. The van der Waals surface area contributed by atoms with Gasteiger partial charge < -0.3 is 9.84 Å². The van der Waals surface area contributed by atoms with E-state index in [9.17, 15) is 9.18 Å². The number of nitrogens with one attached hydrogen (secondary N) is 1. The van der Waals surface area contributed by atoms with Crippen LogP contribution in [0.4, 0.5) is 10.1 Å². The molecule has 0 aliphatic rings. The van der Waals surface area contributed by atoms with Gasteiger partial charge in [-0.25, -0.2) is 4.39 Å². The summed E-state index contributed by atoms with van der Waals surface area (Å²) in [7, 11) is 0. The number of rotatable bonds is 3. The first-order valence-electron chi connectivity index (χ1n) is 6.52. The molecule has 0 atom stereocenters. The van der Waals surface area contributed by atoms with E-state index in [4.69, 9.17) is 27.7 Å². The van der Waals surface area contributed by atoms with Crippen LogP contribution < -0.4 is 5.32 Å². The van der Waals surface area contributed by atoms with Gasteiger partial charge in [0.25, 0.3) is 5.91 Å². The van der Waals surface area contributed by atoms with Crippen LogP contribution >= 0.6 is 23.2 Å². The quantitative estimate of drug-likeness (QED) is 0.719. The maximum absolute atomic E-state index is 13.7. The molecule has 2 aromatic carbocycles. The van der Waals surface area contributed by atoms with Crippen LogP contribution in [0.25, 0.3) is 11.3 Å². The zero-order valence-corrected chi connectivity index (χ0v) is 13.0. The fraction of sp³-hybridized carbons (Fsp3) is 0. The number of anilines is 1. The standard InChI is InChI=1S/C16H9Cl2FN2O2/c17-9-5-6-11(18)13(7-9)20-16(22)14-8-15(23-21-14)10-3-1-2-4-12(10)19/h1-8H,(H,20,22). The van der Waals surface area contributed by atoms with Crippen LogP contribution in [-0.4, -0.2) is 11.1 Å². The molecule has 0 saturated heterocycles. The zero-order valence-electron chi connectivity index (χ0n) is 11.5. The van der Waals surface area contributed by atoms with Crippen molar-refractivity contribution in [2.45, 2.75) is 0 Å². The molecule has 0 fully saturated rings. The third kappa shape index (κ3) is 3.36. The van der Waals surface area contributed by atoms with E-state index >= 15 is 0 Å². The van der Waals surface area contributed by atoms with Gasteiger partial charge in [-0.15, -0.1) is 0 Å². The highest BCUT2D eigenvalue weighted by atomic mass is 35.5. The molecule has 3 aromatic rings. The molecule has 3 rings (SSSR count). The Balaban J connectivity index is 1.84. The summed E-state index contributed by atoms with van der Waals surface area (Å²) in [6.07, 6.45) is 0. The van der Waals surface area contributed by atoms with Gasteiger partial charge in [-0.05, 0) is 30.3 Å². The Morgan fingerprint density at radius 3 is 2.70 bits per heavy atom. The summed E-state index contributed by atoms with van der Waals surface area (Å²) >= 11 is 11.8. The molecule has 0 unspecified atom stereocenters. The molecule has 1 heterocycles. The fourth-order valence-corrected chi connectivity index (χ4v) is 2.29. The van der Waals surface area contributed by atoms with Gasteiger partial charge in [0.05, 0.1) is 16.3 Å². The lowest BCUT2D eigenvalue weighted by Crippen LogP contribution is -2.12. The summed E-state index contributed by atoms with van der Waals surface area (Å²) in [5, 5.41) is 6.99. The van der Waals surface area contributed by atoms with Crippen molar-refractivity contribution in [2.24, 2.45) is 0 Å². The molecule has 1 amide bonds. The molecule has 0 radical (unpaired) electrons. The maximum atomic E-state index is 13.7. The molecule has 0 saturated carbocycles. The number of halogens is 3. The Labute approximate surface area is 140 Å². The molecular weight excluding hydrogens is 342 g/mol. The minimum Gasteiger partial charge on any atom is -0.355 e. The third-order valence-electron chi connectivity index (χ3n) is 3.06. The van der Waals surface area contributed by atoms with Gasteiger partial charge in [0.15, 0.2) is 11.5 Å². The number of nitrogens with zero attached hydrogens (tertiary/aromatic N) is 1. The van der Waals surface area contributed by atoms with Crippen LogP contribution in [0, 0.1) is 5.82 Å². The van der Waals surface area contributed by atoms with Crippen LogP contribution in [0.2, 0.25) is 10.0 Å². The maximum Gasteiger partial charge on any atom is 0.277 e. The van der Waals surface area contributed by atoms with Crippen LogP contribution in [0.15, 0.2) is 53.1 Å². The number of amides is 1. The largest absolute Gasteiger partial charge is 0.355 e. The van der Waals surface area contributed by atoms with Crippen molar-refractivity contribution in [3.05, 3.63) is 70.1 Å². The average molecular weight is 351 g/mol. The van der Waals surface area contributed by atoms with E-state index in [2.05, 4.69) is 10.5 Å². The summed E-state index contributed by atoms with van der Waals surface area (Å²) < 4.78 is 18.7. The highest BCUT2D eigenvalue weighted by Crippen LogP contribution is 2.27. The van der Waals surface area contributed by atoms with Crippen molar-refractivity contribution in [2.75, 3.05) is 5.32 Å². The van der Waals surface area contributed by atoms with Crippen LogP contribution in [0.1, 0.15) is 10.5 Å². The van der Waals surface area contributed by atoms with Crippen molar-refractivity contribution in [1.29, 1.82) is 0 Å². The first-order valence-corrected chi connectivity index (χ1v) is 7.28. The van der Waals surface area contributed by atoms with Gasteiger partial charge in [0, 0.05) is 11.1 Å². The Morgan fingerprint density at radius 1 is 1.13 bits per heavy atom. The second-order valence-corrected chi connectivity index (χ2v) is 5.48. The van der Waals surface area contributed by atoms with Gasteiger partial charge in [0.1, 0.15) is 5.82 Å². The first kappa shape index (κ1) is 15.5. The van der Waals surface area contributed by atoms with E-state index < -0.39 is 11.7 Å². The van der Waals surface area contributed by atoms with E-state index in [-0.39, 0.29) is 17.0 Å². The Hall–Kier alpha value is -2.37. The summed E-state index contributed by atoms with van der Waals surface area (Å²) in [5.74, 6) is -0.848. The molecule has 4 nitrogen and oxygen atoms in total. The SMILES string of the molecule is O=C(Nc1cc(Cl)ccc1Cl)c1cc(-c2ccccc2F)on1. The molecule has 0 bridgehead atoms. The lowest BCUT2D eigenvalue weighted by molar-refractivity contribution is 0.101. The number of carbonyl (C=O) groups is 1. The Morgan fingerprint density at radius 2 is 1.91 bits per heavy atom. The number of carbonyl (C=O) groups excluding carboxylic acids is 1. The van der Waals surface area contributed by atoms with Gasteiger partial charge in [-0.2, -0.15) is 0 Å². The second kappa shape index (κ2) is 6.40. The number of aromatic nitrogens is 1. The number of hydrogen-bond acceptors (Lipinski definition) is 3. The van der Waals surface area contributed by atoms with E-state index in [0.29, 0.717) is 15.7 Å². The molecule has 116 valence electrons. The molecule has 7 heteroatoms. The minimum atomic E-state index is -0.541. The summed E-state index contributed by atoms with van der Waals surface area (Å²) in [4.78, 5) is 12.2. The van der Waals surface area contributed by atoms with E-state index in [1.54, 1.807) is 24.3 Å². The van der Waals surface area contributed by atoms with Crippen molar-refractivity contribution in [3.63, 3.8) is 0 Å². The Bertz CT molecular complexity index is 880. The molecule has 0 spiro atoms. The predicted molar refractivity (Wildman–Crippen MR) is 86.3 cm³/mol. The monoisotopic (exact) mass is 350 g/mol. The average Bonchev–Trinajstić information content (AvgIpc) is 3.01. The highest BCUT2D eigenvalue weighted by molar-refractivity contribution is 6.35. The third-order valence-corrected chi connectivity index (χ3v) is 3.62. The smallest absolute Gasteiger partial charge is 0.277 e. The summed E-state index contributed by atoms with van der Waals surface area (Å²) in [6, 6.07) is 12.1. The fourth-order valence-electron chi connectivity index (χ4n) is 1.95. The first-order chi connectivity index (χ1) is 11.0. The van der Waals surface area contributed by atoms with Crippen LogP contribution in [0.5, 0.6) is 0 Å². The van der Waals surface area contributed by atoms with Crippen LogP contribution in [-0.2, 0) is 0 Å². The molecule has 1 aromatic heterocycles. The van der Waals surface area contributed by atoms with E-state index in [1.165, 1.54) is 24.3 Å². The van der Waals surface area contributed by atoms with E-state index in [1.807, 2.05) is 0 Å². The van der Waals surface area contributed by atoms with Crippen LogP contribution in [0.3, 0.4) is 0 Å². The van der Waals surface area contributed by atoms with Crippen molar-refractivity contribution < 1.29 is 13.7 Å². The van der Waals surface area contributed by atoms with Crippen molar-refractivity contribution in [3.8, 4) is 11.3 Å². The van der Waals surface area contributed by atoms with Gasteiger partial charge >= 0.3 is 0 Å². The summed E-state index contributed by atoms with van der Waals surface area (Å²) in [6.45, 7) is 0. The second-order valence-electron chi connectivity index (χ2n) is 4.63. The van der Waals surface area contributed by atoms with E-state index in [0.717, 1.165) is 0 Å². The summed E-state index contributed by atoms with van der Waals surface area (Å²) in [5.41, 5.74) is 0.568.